The zero-order valence-corrected chi connectivity index (χ0v) is 10.5. The van der Waals surface area contributed by atoms with Crippen LogP contribution in [0.2, 0.25) is 0 Å². The van der Waals surface area contributed by atoms with E-state index in [4.69, 9.17) is 11.6 Å². The largest absolute Gasteiger partial charge is 0.364 e. The minimum absolute atomic E-state index is 0.232. The highest BCUT2D eigenvalue weighted by Gasteiger charge is 2.16. The Labute approximate surface area is 107 Å². The summed E-state index contributed by atoms with van der Waals surface area (Å²) in [6, 6.07) is 7.65. The minimum Gasteiger partial charge on any atom is -0.364 e. The lowest BCUT2D eigenvalue weighted by atomic mass is 10.3. The Morgan fingerprint density at radius 3 is 2.41 bits per heavy atom. The van der Waals surface area contributed by atoms with Crippen LogP contribution < -0.4 is 16.5 Å². The molecule has 1 aromatic rings. The first-order chi connectivity index (χ1) is 8.08. The number of carbonyl (C=O) groups is 1. The van der Waals surface area contributed by atoms with Crippen LogP contribution in [0.4, 0.5) is 5.69 Å². The van der Waals surface area contributed by atoms with Gasteiger partial charge in [-0.1, -0.05) is 15.9 Å². The van der Waals surface area contributed by atoms with E-state index < -0.39 is 5.91 Å². The van der Waals surface area contributed by atoms with E-state index in [1.807, 2.05) is 24.3 Å². The van der Waals surface area contributed by atoms with Gasteiger partial charge in [0.2, 0.25) is 0 Å². The second-order valence-electron chi connectivity index (χ2n) is 3.47. The van der Waals surface area contributed by atoms with Crippen molar-refractivity contribution in [3.8, 4) is 0 Å². The molecule has 1 amide bonds. The first-order valence-electron chi connectivity index (χ1n) is 4.86. The second-order valence-corrected chi connectivity index (χ2v) is 4.38. The molecule has 0 aliphatic carbocycles. The summed E-state index contributed by atoms with van der Waals surface area (Å²) in [5.74, 6) is 5.02. The highest BCUT2D eigenvalue weighted by atomic mass is 79.9. The summed E-state index contributed by atoms with van der Waals surface area (Å²) in [7, 11) is 0. The first kappa shape index (κ1) is 11.7. The molecule has 0 saturated heterocycles. The summed E-state index contributed by atoms with van der Waals surface area (Å²) < 4.78 is 0.988. The third-order valence-corrected chi connectivity index (χ3v) is 2.83. The molecule has 0 spiro atoms. The third-order valence-electron chi connectivity index (χ3n) is 2.30. The molecule has 0 atom stereocenters. The molecule has 0 fully saturated rings. The highest BCUT2D eigenvalue weighted by molar-refractivity contribution is 9.10. The van der Waals surface area contributed by atoms with Crippen molar-refractivity contribution in [3.05, 3.63) is 53.0 Å². The van der Waals surface area contributed by atoms with Gasteiger partial charge in [0, 0.05) is 28.8 Å². The Morgan fingerprint density at radius 1 is 1.18 bits per heavy atom. The molecule has 1 aliphatic heterocycles. The number of nitrogens with zero attached hydrogens (tertiary/aromatic N) is 2. The van der Waals surface area contributed by atoms with E-state index >= 15 is 0 Å². The van der Waals surface area contributed by atoms with Crippen molar-refractivity contribution >= 4 is 27.5 Å². The fraction of sp³-hybridized carbons (Fsp3) is 0. The van der Waals surface area contributed by atoms with Crippen molar-refractivity contribution < 1.29 is 4.79 Å². The van der Waals surface area contributed by atoms with Crippen LogP contribution in [-0.4, -0.2) is 10.9 Å². The fourth-order valence-corrected chi connectivity index (χ4v) is 1.69. The maximum atomic E-state index is 11.2. The van der Waals surface area contributed by atoms with Crippen molar-refractivity contribution in [2.45, 2.75) is 0 Å². The number of amides is 1. The van der Waals surface area contributed by atoms with Gasteiger partial charge in [0.05, 0.1) is 0 Å². The molecule has 17 heavy (non-hydrogen) atoms. The van der Waals surface area contributed by atoms with Gasteiger partial charge in [-0.25, -0.2) is 5.84 Å². The Morgan fingerprint density at radius 2 is 1.82 bits per heavy atom. The van der Waals surface area contributed by atoms with Crippen LogP contribution >= 0.6 is 15.9 Å². The lowest BCUT2D eigenvalue weighted by molar-refractivity contribution is -0.115. The normalized spacial score (nSPS) is 14.8. The molecule has 88 valence electrons. The summed E-state index contributed by atoms with van der Waals surface area (Å²) >= 11 is 3.36. The number of anilines is 1. The smallest absolute Gasteiger partial charge is 0.268 e. The predicted molar refractivity (Wildman–Crippen MR) is 69.1 cm³/mol. The second kappa shape index (κ2) is 4.60. The van der Waals surface area contributed by atoms with Crippen LogP contribution in [0.5, 0.6) is 0 Å². The van der Waals surface area contributed by atoms with E-state index in [0.29, 0.717) is 0 Å². The van der Waals surface area contributed by atoms with Crippen LogP contribution in [0.1, 0.15) is 0 Å². The third kappa shape index (κ3) is 2.48. The number of hydrogen-bond acceptors (Lipinski definition) is 4. The SMILES string of the molecule is NC(=O)C1=CN(c2ccc(Br)cc2)C=CN1N. The van der Waals surface area contributed by atoms with E-state index in [0.717, 1.165) is 10.2 Å². The maximum Gasteiger partial charge on any atom is 0.268 e. The summed E-state index contributed by atoms with van der Waals surface area (Å²) in [5, 5.41) is 1.19. The Hall–Kier alpha value is -1.79. The van der Waals surface area contributed by atoms with Gasteiger partial charge >= 0.3 is 0 Å². The molecular weight excluding hydrogens is 284 g/mol. The molecule has 4 N–H and O–H groups in total. The summed E-state index contributed by atoms with van der Waals surface area (Å²) in [6.07, 6.45) is 4.91. The molecule has 6 heteroatoms. The van der Waals surface area contributed by atoms with Crippen LogP contribution in [0, 0.1) is 0 Å². The predicted octanol–water partition coefficient (Wildman–Crippen LogP) is 1.24. The van der Waals surface area contributed by atoms with Crippen LogP contribution in [-0.2, 0) is 4.79 Å². The molecule has 0 unspecified atom stereocenters. The lowest BCUT2D eigenvalue weighted by Gasteiger charge is -2.25. The van der Waals surface area contributed by atoms with Crippen LogP contribution in [0.3, 0.4) is 0 Å². The number of hydrazine groups is 1. The number of rotatable bonds is 2. The van der Waals surface area contributed by atoms with Gasteiger partial charge < -0.3 is 10.6 Å². The van der Waals surface area contributed by atoms with E-state index in [1.165, 1.54) is 5.01 Å². The monoisotopic (exact) mass is 294 g/mol. The number of nitrogens with two attached hydrogens (primary N) is 2. The molecule has 1 heterocycles. The number of halogens is 1. The van der Waals surface area contributed by atoms with Gasteiger partial charge in [-0.2, -0.15) is 0 Å². The minimum atomic E-state index is -0.570. The van der Waals surface area contributed by atoms with Crippen molar-refractivity contribution in [2.24, 2.45) is 11.6 Å². The van der Waals surface area contributed by atoms with Crippen molar-refractivity contribution in [1.82, 2.24) is 5.01 Å². The zero-order valence-electron chi connectivity index (χ0n) is 8.88. The van der Waals surface area contributed by atoms with Gasteiger partial charge in [0.25, 0.3) is 5.91 Å². The van der Waals surface area contributed by atoms with E-state index in [2.05, 4.69) is 15.9 Å². The molecule has 5 nitrogen and oxygen atoms in total. The zero-order chi connectivity index (χ0) is 12.4. The Balaban J connectivity index is 2.31. The number of primary amides is 1. The Bertz CT molecular complexity index is 495. The molecule has 0 saturated carbocycles. The standard InChI is InChI=1S/C11H11BrN4O/c12-8-1-3-9(4-2-8)15-5-6-16(14)10(7-15)11(13)17/h1-7H,14H2,(H2,13,17). The molecule has 1 aliphatic rings. The van der Waals surface area contributed by atoms with Crippen molar-refractivity contribution in [1.29, 1.82) is 0 Å². The number of benzene rings is 1. The Kier molecular flexibility index (Phi) is 3.16. The van der Waals surface area contributed by atoms with Gasteiger partial charge in [-0.15, -0.1) is 0 Å². The van der Waals surface area contributed by atoms with Gasteiger partial charge in [-0.05, 0) is 24.3 Å². The maximum absolute atomic E-state index is 11.2. The molecule has 0 aromatic heterocycles. The van der Waals surface area contributed by atoms with Gasteiger partial charge in [0.15, 0.2) is 0 Å². The number of carbonyl (C=O) groups excluding carboxylic acids is 1. The quantitative estimate of drug-likeness (QED) is 0.805. The summed E-state index contributed by atoms with van der Waals surface area (Å²) in [5.41, 5.74) is 6.37. The van der Waals surface area contributed by atoms with Crippen molar-refractivity contribution in [3.63, 3.8) is 0 Å². The molecule has 0 radical (unpaired) electrons. The topological polar surface area (TPSA) is 75.6 Å². The molecular formula is C11H11BrN4O. The van der Waals surface area contributed by atoms with Gasteiger partial charge in [0.1, 0.15) is 5.70 Å². The highest BCUT2D eigenvalue weighted by Crippen LogP contribution is 2.22. The lowest BCUT2D eigenvalue weighted by Crippen LogP contribution is -2.36. The summed E-state index contributed by atoms with van der Waals surface area (Å²) in [4.78, 5) is 12.9. The van der Waals surface area contributed by atoms with Crippen LogP contribution in [0.15, 0.2) is 53.0 Å². The molecule has 1 aromatic carbocycles. The molecule has 0 bridgehead atoms. The van der Waals surface area contributed by atoms with Gasteiger partial charge in [-0.3, -0.25) is 9.80 Å². The van der Waals surface area contributed by atoms with E-state index in [9.17, 15) is 4.79 Å². The average molecular weight is 295 g/mol. The van der Waals surface area contributed by atoms with Crippen LogP contribution in [0.25, 0.3) is 0 Å². The van der Waals surface area contributed by atoms with E-state index in [-0.39, 0.29) is 5.70 Å². The van der Waals surface area contributed by atoms with E-state index in [1.54, 1.807) is 23.5 Å². The first-order valence-corrected chi connectivity index (χ1v) is 5.65. The fourth-order valence-electron chi connectivity index (χ4n) is 1.43. The molecule has 2 rings (SSSR count). The van der Waals surface area contributed by atoms with Crippen molar-refractivity contribution in [2.75, 3.05) is 4.90 Å². The summed E-state index contributed by atoms with van der Waals surface area (Å²) in [6.45, 7) is 0. The average Bonchev–Trinajstić information content (AvgIpc) is 2.30. The number of hydrogen-bond donors (Lipinski definition) is 2.